The lowest BCUT2D eigenvalue weighted by Crippen LogP contribution is -2.13. The van der Waals surface area contributed by atoms with Crippen LogP contribution in [0.1, 0.15) is 16.7 Å². The molecule has 78 valence electrons. The minimum absolute atomic E-state index is 0.230. The van der Waals surface area contributed by atoms with E-state index in [1.165, 1.54) is 6.07 Å². The number of aryl methyl sites for hydroxylation is 1. The average Bonchev–Trinajstić information content (AvgIpc) is 2.07. The van der Waals surface area contributed by atoms with Crippen LogP contribution < -0.4 is 5.73 Å². The van der Waals surface area contributed by atoms with Crippen molar-refractivity contribution in [3.63, 3.8) is 0 Å². The molecule has 0 bridgehead atoms. The summed E-state index contributed by atoms with van der Waals surface area (Å²) in [4.78, 5) is 0. The van der Waals surface area contributed by atoms with Crippen LogP contribution in [-0.4, -0.2) is 6.54 Å². The molecular formula is C10H12F3N. The zero-order chi connectivity index (χ0) is 10.8. The van der Waals surface area contributed by atoms with E-state index < -0.39 is 11.7 Å². The summed E-state index contributed by atoms with van der Waals surface area (Å²) in [5, 5.41) is 0. The molecule has 0 atom stereocenters. The van der Waals surface area contributed by atoms with Crippen LogP contribution in [0.15, 0.2) is 18.2 Å². The molecule has 14 heavy (non-hydrogen) atoms. The number of hydrogen-bond acceptors (Lipinski definition) is 1. The minimum Gasteiger partial charge on any atom is -0.330 e. The maximum atomic E-state index is 12.5. The fraction of sp³-hybridized carbons (Fsp3) is 0.400. The van der Waals surface area contributed by atoms with E-state index in [4.69, 9.17) is 5.73 Å². The van der Waals surface area contributed by atoms with Gasteiger partial charge >= 0.3 is 6.18 Å². The van der Waals surface area contributed by atoms with Crippen molar-refractivity contribution in [1.29, 1.82) is 0 Å². The van der Waals surface area contributed by atoms with E-state index in [0.717, 1.165) is 6.07 Å². The third kappa shape index (κ3) is 2.26. The van der Waals surface area contributed by atoms with E-state index in [1.54, 1.807) is 13.0 Å². The molecule has 0 saturated carbocycles. The van der Waals surface area contributed by atoms with Crippen LogP contribution in [0.2, 0.25) is 0 Å². The number of alkyl halides is 3. The molecule has 1 nitrogen and oxygen atoms in total. The van der Waals surface area contributed by atoms with Crippen LogP contribution in [0.5, 0.6) is 0 Å². The molecule has 0 spiro atoms. The Balaban J connectivity index is 3.21. The Morgan fingerprint density at radius 2 is 1.93 bits per heavy atom. The fourth-order valence-electron chi connectivity index (χ4n) is 1.44. The van der Waals surface area contributed by atoms with Crippen molar-refractivity contribution >= 4 is 0 Å². The molecular weight excluding hydrogens is 191 g/mol. The zero-order valence-corrected chi connectivity index (χ0v) is 7.86. The van der Waals surface area contributed by atoms with Crippen LogP contribution in [0.3, 0.4) is 0 Å². The molecule has 0 radical (unpaired) electrons. The molecule has 4 heteroatoms. The van der Waals surface area contributed by atoms with Crippen molar-refractivity contribution < 1.29 is 13.2 Å². The van der Waals surface area contributed by atoms with E-state index in [2.05, 4.69) is 0 Å². The molecule has 0 unspecified atom stereocenters. The van der Waals surface area contributed by atoms with E-state index in [9.17, 15) is 13.2 Å². The van der Waals surface area contributed by atoms with Crippen LogP contribution in [-0.2, 0) is 12.6 Å². The first-order valence-electron chi connectivity index (χ1n) is 4.32. The Morgan fingerprint density at radius 1 is 1.29 bits per heavy atom. The third-order valence-corrected chi connectivity index (χ3v) is 2.11. The van der Waals surface area contributed by atoms with E-state index >= 15 is 0 Å². The highest BCUT2D eigenvalue weighted by molar-refractivity contribution is 5.36. The Labute approximate surface area is 80.7 Å². The summed E-state index contributed by atoms with van der Waals surface area (Å²) in [5.74, 6) is 0. The monoisotopic (exact) mass is 203 g/mol. The number of hydrogen-bond donors (Lipinski definition) is 1. The topological polar surface area (TPSA) is 26.0 Å². The summed E-state index contributed by atoms with van der Waals surface area (Å²) >= 11 is 0. The first kappa shape index (κ1) is 11.0. The summed E-state index contributed by atoms with van der Waals surface area (Å²) < 4.78 is 37.5. The molecule has 0 heterocycles. The number of benzene rings is 1. The van der Waals surface area contributed by atoms with Gasteiger partial charge in [0.25, 0.3) is 0 Å². The largest absolute Gasteiger partial charge is 0.416 e. The summed E-state index contributed by atoms with van der Waals surface area (Å²) in [6, 6.07) is 4.18. The summed E-state index contributed by atoms with van der Waals surface area (Å²) in [6.45, 7) is 1.90. The molecule has 0 fully saturated rings. The first-order valence-corrected chi connectivity index (χ1v) is 4.32. The smallest absolute Gasteiger partial charge is 0.330 e. The van der Waals surface area contributed by atoms with Crippen molar-refractivity contribution in [1.82, 2.24) is 0 Å². The van der Waals surface area contributed by atoms with Crippen molar-refractivity contribution in [2.24, 2.45) is 5.73 Å². The van der Waals surface area contributed by atoms with Crippen LogP contribution in [0, 0.1) is 6.92 Å². The van der Waals surface area contributed by atoms with Gasteiger partial charge in [0.15, 0.2) is 0 Å². The van der Waals surface area contributed by atoms with Gasteiger partial charge in [-0.25, -0.2) is 0 Å². The highest BCUT2D eigenvalue weighted by Crippen LogP contribution is 2.33. The number of nitrogens with two attached hydrogens (primary N) is 1. The molecule has 0 aliphatic rings. The lowest BCUT2D eigenvalue weighted by molar-refractivity contribution is -0.138. The standard InChI is InChI=1S/C10H12F3N/c1-7-3-2-4-9(10(11,12)13)8(7)5-6-14/h2-4H,5-6,14H2,1H3. The van der Waals surface area contributed by atoms with Gasteiger partial charge in [0.2, 0.25) is 0 Å². The Morgan fingerprint density at radius 3 is 2.43 bits per heavy atom. The first-order chi connectivity index (χ1) is 6.46. The van der Waals surface area contributed by atoms with Crippen LogP contribution in [0.4, 0.5) is 13.2 Å². The van der Waals surface area contributed by atoms with E-state index in [1.807, 2.05) is 0 Å². The molecule has 0 saturated heterocycles. The predicted molar refractivity (Wildman–Crippen MR) is 48.9 cm³/mol. The van der Waals surface area contributed by atoms with Crippen molar-refractivity contribution in [3.05, 3.63) is 34.9 Å². The second-order valence-electron chi connectivity index (χ2n) is 3.14. The van der Waals surface area contributed by atoms with Gasteiger partial charge in [-0.15, -0.1) is 0 Å². The molecule has 0 aromatic heterocycles. The van der Waals surface area contributed by atoms with Gasteiger partial charge in [-0.05, 0) is 37.1 Å². The molecule has 0 aliphatic heterocycles. The van der Waals surface area contributed by atoms with Crippen LogP contribution in [0.25, 0.3) is 0 Å². The Kier molecular flexibility index (Phi) is 3.16. The lowest BCUT2D eigenvalue weighted by atomic mass is 9.99. The minimum atomic E-state index is -4.28. The van der Waals surface area contributed by atoms with Crippen LogP contribution >= 0.6 is 0 Å². The highest BCUT2D eigenvalue weighted by Gasteiger charge is 2.33. The fourth-order valence-corrected chi connectivity index (χ4v) is 1.44. The second kappa shape index (κ2) is 4.00. The maximum absolute atomic E-state index is 12.5. The zero-order valence-electron chi connectivity index (χ0n) is 7.86. The maximum Gasteiger partial charge on any atom is 0.416 e. The average molecular weight is 203 g/mol. The third-order valence-electron chi connectivity index (χ3n) is 2.11. The molecule has 0 aliphatic carbocycles. The lowest BCUT2D eigenvalue weighted by Gasteiger charge is -2.14. The van der Waals surface area contributed by atoms with Gasteiger partial charge in [-0.2, -0.15) is 13.2 Å². The Hall–Kier alpha value is -1.03. The van der Waals surface area contributed by atoms with Gasteiger partial charge in [0.05, 0.1) is 5.56 Å². The summed E-state index contributed by atoms with van der Waals surface area (Å²) in [7, 11) is 0. The number of rotatable bonds is 2. The molecule has 1 aromatic rings. The predicted octanol–water partition coefficient (Wildman–Crippen LogP) is 2.52. The quantitative estimate of drug-likeness (QED) is 0.785. The van der Waals surface area contributed by atoms with E-state index in [-0.39, 0.29) is 13.0 Å². The number of halogens is 3. The summed E-state index contributed by atoms with van der Waals surface area (Å²) in [6.07, 6.45) is -4.02. The Bertz CT molecular complexity index is 318. The molecule has 0 amide bonds. The van der Waals surface area contributed by atoms with Gasteiger partial charge < -0.3 is 5.73 Å². The van der Waals surface area contributed by atoms with Crippen molar-refractivity contribution in [3.8, 4) is 0 Å². The van der Waals surface area contributed by atoms with Crippen molar-refractivity contribution in [2.45, 2.75) is 19.5 Å². The van der Waals surface area contributed by atoms with Gasteiger partial charge in [-0.3, -0.25) is 0 Å². The molecule has 2 N–H and O–H groups in total. The molecule has 1 aromatic carbocycles. The van der Waals surface area contributed by atoms with Gasteiger partial charge in [0.1, 0.15) is 0 Å². The molecule has 1 rings (SSSR count). The summed E-state index contributed by atoms with van der Waals surface area (Å²) in [5.41, 5.74) is 5.66. The second-order valence-corrected chi connectivity index (χ2v) is 3.14. The SMILES string of the molecule is Cc1cccc(C(F)(F)F)c1CCN. The normalized spacial score (nSPS) is 11.8. The van der Waals surface area contributed by atoms with Crippen molar-refractivity contribution in [2.75, 3.05) is 6.54 Å². The highest BCUT2D eigenvalue weighted by atomic mass is 19.4. The van der Waals surface area contributed by atoms with Gasteiger partial charge in [-0.1, -0.05) is 12.1 Å². The van der Waals surface area contributed by atoms with Gasteiger partial charge in [0, 0.05) is 0 Å². The van der Waals surface area contributed by atoms with E-state index in [0.29, 0.717) is 11.1 Å².